The maximum Gasteiger partial charge on any atom is 0.309 e. The van der Waals surface area contributed by atoms with Gasteiger partial charge in [-0.25, -0.2) is 0 Å². The molecule has 0 fully saturated rings. The maximum absolute atomic E-state index is 11.8. The van der Waals surface area contributed by atoms with Crippen molar-refractivity contribution in [2.75, 3.05) is 14.2 Å². The minimum Gasteiger partial charge on any atom is -0.496 e. The molecule has 3 heteroatoms. The lowest BCUT2D eigenvalue weighted by Gasteiger charge is -2.20. The molecule has 0 aliphatic rings. The average molecular weight is 264 g/mol. The second kappa shape index (κ2) is 7.17. The predicted octanol–water partition coefficient (Wildman–Crippen LogP) is 3.25. The van der Waals surface area contributed by atoms with Crippen molar-refractivity contribution in [2.45, 2.75) is 33.6 Å². The van der Waals surface area contributed by atoms with Crippen LogP contribution in [0.25, 0.3) is 0 Å². The van der Waals surface area contributed by atoms with E-state index < -0.39 is 0 Å². The van der Waals surface area contributed by atoms with Gasteiger partial charge in [-0.05, 0) is 36.0 Å². The van der Waals surface area contributed by atoms with E-state index in [0.717, 1.165) is 17.7 Å². The lowest BCUT2D eigenvalue weighted by Crippen LogP contribution is -2.24. The molecule has 0 radical (unpaired) electrons. The Morgan fingerprint density at radius 3 is 2.42 bits per heavy atom. The molecule has 1 unspecified atom stereocenters. The van der Waals surface area contributed by atoms with Crippen molar-refractivity contribution in [1.29, 1.82) is 0 Å². The summed E-state index contributed by atoms with van der Waals surface area (Å²) < 4.78 is 10.3. The minimum absolute atomic E-state index is 0.133. The van der Waals surface area contributed by atoms with E-state index in [2.05, 4.69) is 19.1 Å². The quantitative estimate of drug-likeness (QED) is 0.740. The van der Waals surface area contributed by atoms with E-state index in [4.69, 9.17) is 9.47 Å². The molecular formula is C16H24O3. The molecule has 3 nitrogen and oxygen atoms in total. The zero-order valence-corrected chi connectivity index (χ0v) is 12.5. The molecular weight excluding hydrogens is 240 g/mol. The van der Waals surface area contributed by atoms with Crippen molar-refractivity contribution in [2.24, 2.45) is 11.8 Å². The van der Waals surface area contributed by atoms with E-state index in [1.54, 1.807) is 7.11 Å². The van der Waals surface area contributed by atoms with Crippen molar-refractivity contribution < 1.29 is 14.3 Å². The van der Waals surface area contributed by atoms with Gasteiger partial charge in [0.15, 0.2) is 0 Å². The minimum atomic E-state index is -0.154. The molecule has 0 heterocycles. The van der Waals surface area contributed by atoms with Gasteiger partial charge >= 0.3 is 5.97 Å². The fourth-order valence-electron chi connectivity index (χ4n) is 2.19. The number of esters is 1. The first-order chi connectivity index (χ1) is 9.03. The Morgan fingerprint density at radius 1 is 1.26 bits per heavy atom. The highest BCUT2D eigenvalue weighted by Crippen LogP contribution is 2.26. The Bertz CT molecular complexity index is 424. The number of benzene rings is 1. The smallest absolute Gasteiger partial charge is 0.309 e. The summed E-state index contributed by atoms with van der Waals surface area (Å²) in [6, 6.07) is 6.16. The SMILES string of the molecule is CCc1ccc(OC)c(CC(C(=O)OC)C(C)C)c1. The van der Waals surface area contributed by atoms with Crippen LogP contribution in [-0.2, 0) is 22.4 Å². The Kier molecular flexibility index (Phi) is 5.87. The van der Waals surface area contributed by atoms with Crippen LogP contribution in [-0.4, -0.2) is 20.2 Å². The highest BCUT2D eigenvalue weighted by atomic mass is 16.5. The molecule has 0 aliphatic carbocycles. The molecule has 0 amide bonds. The number of carbonyl (C=O) groups is 1. The largest absolute Gasteiger partial charge is 0.496 e. The standard InChI is InChI=1S/C16H24O3/c1-6-12-7-8-15(18-4)13(9-12)10-14(11(2)3)16(17)19-5/h7-9,11,14H,6,10H2,1-5H3. The zero-order valence-electron chi connectivity index (χ0n) is 12.5. The summed E-state index contributed by atoms with van der Waals surface area (Å²) in [5.74, 6) is 0.791. The number of hydrogen-bond donors (Lipinski definition) is 0. The molecule has 0 spiro atoms. The fourth-order valence-corrected chi connectivity index (χ4v) is 2.19. The van der Waals surface area contributed by atoms with Gasteiger partial charge in [0.05, 0.1) is 20.1 Å². The Hall–Kier alpha value is -1.51. The van der Waals surface area contributed by atoms with E-state index in [0.29, 0.717) is 6.42 Å². The molecule has 0 saturated heterocycles. The van der Waals surface area contributed by atoms with Gasteiger partial charge in [-0.15, -0.1) is 0 Å². The van der Waals surface area contributed by atoms with E-state index in [1.165, 1.54) is 12.7 Å². The highest BCUT2D eigenvalue weighted by Gasteiger charge is 2.24. The summed E-state index contributed by atoms with van der Waals surface area (Å²) in [6.07, 6.45) is 1.63. The predicted molar refractivity (Wildman–Crippen MR) is 76.4 cm³/mol. The summed E-state index contributed by atoms with van der Waals surface area (Å²) in [5, 5.41) is 0. The molecule has 1 aromatic rings. The van der Waals surface area contributed by atoms with Crippen LogP contribution in [0.4, 0.5) is 0 Å². The molecule has 1 rings (SSSR count). The van der Waals surface area contributed by atoms with Gasteiger partial charge in [-0.2, -0.15) is 0 Å². The van der Waals surface area contributed by atoms with Gasteiger partial charge in [-0.3, -0.25) is 4.79 Å². The number of aryl methyl sites for hydroxylation is 1. The third-order valence-electron chi connectivity index (χ3n) is 3.50. The average Bonchev–Trinajstić information content (AvgIpc) is 2.43. The number of carbonyl (C=O) groups excluding carboxylic acids is 1. The summed E-state index contributed by atoms with van der Waals surface area (Å²) in [7, 11) is 3.10. The summed E-state index contributed by atoms with van der Waals surface area (Å²) in [5.41, 5.74) is 2.33. The van der Waals surface area contributed by atoms with E-state index >= 15 is 0 Å². The maximum atomic E-state index is 11.8. The van der Waals surface area contributed by atoms with Crippen molar-refractivity contribution in [1.82, 2.24) is 0 Å². The molecule has 0 N–H and O–H groups in total. The number of methoxy groups -OCH3 is 2. The van der Waals surface area contributed by atoms with Crippen LogP contribution < -0.4 is 4.74 Å². The van der Waals surface area contributed by atoms with E-state index in [-0.39, 0.29) is 17.8 Å². The first kappa shape index (κ1) is 15.5. The lowest BCUT2D eigenvalue weighted by atomic mass is 9.88. The van der Waals surface area contributed by atoms with Gasteiger partial charge in [0.1, 0.15) is 5.75 Å². The zero-order chi connectivity index (χ0) is 14.4. The van der Waals surface area contributed by atoms with Crippen LogP contribution in [0.3, 0.4) is 0 Å². The van der Waals surface area contributed by atoms with Crippen LogP contribution in [0, 0.1) is 11.8 Å². The Labute approximate surface area is 115 Å². The molecule has 0 saturated carbocycles. The van der Waals surface area contributed by atoms with Crippen LogP contribution in [0.2, 0.25) is 0 Å². The second-order valence-electron chi connectivity index (χ2n) is 5.08. The normalized spacial score (nSPS) is 12.3. The third-order valence-corrected chi connectivity index (χ3v) is 3.50. The first-order valence-electron chi connectivity index (χ1n) is 6.77. The number of rotatable bonds is 6. The Morgan fingerprint density at radius 2 is 1.95 bits per heavy atom. The molecule has 0 bridgehead atoms. The van der Waals surface area contributed by atoms with Crippen LogP contribution in [0.5, 0.6) is 5.75 Å². The van der Waals surface area contributed by atoms with Gasteiger partial charge in [0.2, 0.25) is 0 Å². The third kappa shape index (κ3) is 3.98. The van der Waals surface area contributed by atoms with Crippen molar-refractivity contribution in [3.8, 4) is 5.75 Å². The van der Waals surface area contributed by atoms with Crippen molar-refractivity contribution in [3.05, 3.63) is 29.3 Å². The van der Waals surface area contributed by atoms with Gasteiger partial charge in [0.25, 0.3) is 0 Å². The van der Waals surface area contributed by atoms with Crippen LogP contribution >= 0.6 is 0 Å². The second-order valence-corrected chi connectivity index (χ2v) is 5.08. The van der Waals surface area contributed by atoms with Gasteiger partial charge in [0, 0.05) is 0 Å². The van der Waals surface area contributed by atoms with Crippen molar-refractivity contribution in [3.63, 3.8) is 0 Å². The summed E-state index contributed by atoms with van der Waals surface area (Å²) in [4.78, 5) is 11.8. The highest BCUT2D eigenvalue weighted by molar-refractivity contribution is 5.73. The molecule has 0 aromatic heterocycles. The molecule has 19 heavy (non-hydrogen) atoms. The van der Waals surface area contributed by atoms with Crippen LogP contribution in [0.1, 0.15) is 31.9 Å². The van der Waals surface area contributed by atoms with Gasteiger partial charge < -0.3 is 9.47 Å². The molecule has 106 valence electrons. The molecule has 1 aromatic carbocycles. The van der Waals surface area contributed by atoms with Gasteiger partial charge in [-0.1, -0.05) is 32.9 Å². The first-order valence-corrected chi connectivity index (χ1v) is 6.77. The summed E-state index contributed by atoms with van der Waals surface area (Å²) in [6.45, 7) is 6.20. The molecule has 0 aliphatic heterocycles. The van der Waals surface area contributed by atoms with E-state index in [9.17, 15) is 4.79 Å². The lowest BCUT2D eigenvalue weighted by molar-refractivity contribution is -0.146. The van der Waals surface area contributed by atoms with Crippen LogP contribution in [0.15, 0.2) is 18.2 Å². The monoisotopic (exact) mass is 264 g/mol. The fraction of sp³-hybridized carbons (Fsp3) is 0.562. The number of ether oxygens (including phenoxy) is 2. The molecule has 1 atom stereocenters. The Balaban J connectivity index is 3.03. The topological polar surface area (TPSA) is 35.5 Å². The summed E-state index contributed by atoms with van der Waals surface area (Å²) >= 11 is 0. The van der Waals surface area contributed by atoms with E-state index in [1.807, 2.05) is 19.9 Å². The van der Waals surface area contributed by atoms with Crippen molar-refractivity contribution >= 4 is 5.97 Å². The number of hydrogen-bond acceptors (Lipinski definition) is 3.